The molecule has 1 fully saturated rings. The van der Waals surface area contributed by atoms with E-state index in [4.69, 9.17) is 0 Å². The zero-order valence-electron chi connectivity index (χ0n) is 8.55. The van der Waals surface area contributed by atoms with Crippen molar-refractivity contribution < 1.29 is 8.42 Å². The predicted octanol–water partition coefficient (Wildman–Crippen LogP) is 0.898. The van der Waals surface area contributed by atoms with Crippen LogP contribution in [0, 0.1) is 0 Å². The second-order valence-corrected chi connectivity index (χ2v) is 5.30. The fourth-order valence-electron chi connectivity index (χ4n) is 1.79. The average Bonchev–Trinajstić information content (AvgIpc) is 2.58. The zero-order valence-corrected chi connectivity index (χ0v) is 9.37. The minimum Gasteiger partial charge on any atom is -0.201 e. The molecule has 0 saturated carbocycles. The van der Waals surface area contributed by atoms with Crippen molar-refractivity contribution in [3.05, 3.63) is 35.9 Å². The van der Waals surface area contributed by atoms with E-state index in [1.54, 1.807) is 0 Å². The van der Waals surface area contributed by atoms with Gasteiger partial charge in [0.25, 0.3) is 10.2 Å². The van der Waals surface area contributed by atoms with E-state index < -0.39 is 10.2 Å². The summed E-state index contributed by atoms with van der Waals surface area (Å²) in [5.41, 5.74) is 1.02. The third-order valence-corrected chi connectivity index (χ3v) is 4.32. The van der Waals surface area contributed by atoms with Gasteiger partial charge in [0.05, 0.1) is 0 Å². The normalized spacial score (nSPS) is 22.7. The van der Waals surface area contributed by atoms with Gasteiger partial charge in [0.2, 0.25) is 0 Å². The van der Waals surface area contributed by atoms with Gasteiger partial charge < -0.3 is 0 Å². The van der Waals surface area contributed by atoms with E-state index in [9.17, 15) is 8.42 Å². The van der Waals surface area contributed by atoms with Crippen LogP contribution in [0.2, 0.25) is 0 Å². The van der Waals surface area contributed by atoms with Crippen molar-refractivity contribution in [3.8, 4) is 0 Å². The quantitative estimate of drug-likeness (QED) is 0.814. The fraction of sp³-hybridized carbons (Fsp3) is 0.400. The van der Waals surface area contributed by atoms with Crippen molar-refractivity contribution in [2.24, 2.45) is 0 Å². The molecule has 1 atom stereocenters. The van der Waals surface area contributed by atoms with Gasteiger partial charge in [-0.25, -0.2) is 4.72 Å². The van der Waals surface area contributed by atoms with Gasteiger partial charge >= 0.3 is 0 Å². The first kappa shape index (κ1) is 10.6. The third-order valence-electron chi connectivity index (χ3n) is 2.64. The van der Waals surface area contributed by atoms with Crippen molar-refractivity contribution in [1.82, 2.24) is 9.03 Å². The molecule has 82 valence electrons. The molecule has 0 bridgehead atoms. The minimum absolute atomic E-state index is 0.105. The third kappa shape index (κ3) is 2.04. The standard InChI is InChI=1S/C10H14N2O2S/c1-9(10-5-3-2-4-6-10)12-8-7-11-15(12,13)14/h2-6,9,11H,7-8H2,1H3. The fourth-order valence-corrected chi connectivity index (χ4v) is 3.17. The Labute approximate surface area is 90.1 Å². The summed E-state index contributed by atoms with van der Waals surface area (Å²) in [6.45, 7) is 2.94. The molecule has 1 N–H and O–H groups in total. The van der Waals surface area contributed by atoms with Gasteiger partial charge in [0.15, 0.2) is 0 Å². The first-order valence-electron chi connectivity index (χ1n) is 4.92. The number of nitrogens with one attached hydrogen (secondary N) is 1. The number of nitrogens with zero attached hydrogens (tertiary/aromatic N) is 1. The summed E-state index contributed by atoms with van der Waals surface area (Å²) in [5, 5.41) is 0. The van der Waals surface area contributed by atoms with Crippen LogP contribution in [0.25, 0.3) is 0 Å². The van der Waals surface area contributed by atoms with Crippen LogP contribution >= 0.6 is 0 Å². The van der Waals surface area contributed by atoms with Crippen LogP contribution in [-0.4, -0.2) is 25.8 Å². The maximum atomic E-state index is 11.6. The second kappa shape index (κ2) is 3.92. The highest BCUT2D eigenvalue weighted by molar-refractivity contribution is 7.87. The largest absolute Gasteiger partial charge is 0.280 e. The SMILES string of the molecule is CC(c1ccccc1)N1CCNS1(=O)=O. The summed E-state index contributed by atoms with van der Waals surface area (Å²) < 4.78 is 27.2. The van der Waals surface area contributed by atoms with Crippen LogP contribution in [0.5, 0.6) is 0 Å². The number of rotatable bonds is 2. The highest BCUT2D eigenvalue weighted by Crippen LogP contribution is 2.23. The first-order valence-corrected chi connectivity index (χ1v) is 6.36. The second-order valence-electron chi connectivity index (χ2n) is 3.60. The molecular formula is C10H14N2O2S. The van der Waals surface area contributed by atoms with E-state index >= 15 is 0 Å². The van der Waals surface area contributed by atoms with Gasteiger partial charge in [-0.3, -0.25) is 0 Å². The molecule has 5 heteroatoms. The van der Waals surface area contributed by atoms with Crippen LogP contribution in [0.15, 0.2) is 30.3 Å². The van der Waals surface area contributed by atoms with Crippen molar-refractivity contribution >= 4 is 10.2 Å². The summed E-state index contributed by atoms with van der Waals surface area (Å²) in [6.07, 6.45) is 0. The number of hydrogen-bond donors (Lipinski definition) is 1. The van der Waals surface area contributed by atoms with Crippen molar-refractivity contribution in [2.45, 2.75) is 13.0 Å². The molecule has 1 unspecified atom stereocenters. The van der Waals surface area contributed by atoms with E-state index in [-0.39, 0.29) is 6.04 Å². The Hall–Kier alpha value is -0.910. The highest BCUT2D eigenvalue weighted by Gasteiger charge is 2.32. The maximum Gasteiger partial charge on any atom is 0.280 e. The van der Waals surface area contributed by atoms with E-state index in [1.165, 1.54) is 4.31 Å². The lowest BCUT2D eigenvalue weighted by Gasteiger charge is -2.21. The smallest absolute Gasteiger partial charge is 0.201 e. The van der Waals surface area contributed by atoms with E-state index in [0.29, 0.717) is 13.1 Å². The van der Waals surface area contributed by atoms with E-state index in [0.717, 1.165) is 5.56 Å². The van der Waals surface area contributed by atoms with Crippen LogP contribution in [0.4, 0.5) is 0 Å². The van der Waals surface area contributed by atoms with Crippen molar-refractivity contribution in [1.29, 1.82) is 0 Å². The Morgan fingerprint density at radius 2 is 2.00 bits per heavy atom. The van der Waals surface area contributed by atoms with Crippen molar-refractivity contribution in [2.75, 3.05) is 13.1 Å². The number of hydrogen-bond acceptors (Lipinski definition) is 2. The van der Waals surface area contributed by atoms with Gasteiger partial charge in [0, 0.05) is 19.1 Å². The molecule has 0 aliphatic carbocycles. The molecule has 2 rings (SSSR count). The monoisotopic (exact) mass is 226 g/mol. The van der Waals surface area contributed by atoms with E-state index in [1.807, 2.05) is 37.3 Å². The summed E-state index contributed by atoms with van der Waals surface area (Å²) in [4.78, 5) is 0. The molecule has 0 amide bonds. The van der Waals surface area contributed by atoms with Crippen LogP contribution in [-0.2, 0) is 10.2 Å². The van der Waals surface area contributed by atoms with Crippen LogP contribution < -0.4 is 4.72 Å². The van der Waals surface area contributed by atoms with Gasteiger partial charge in [0.1, 0.15) is 0 Å². The molecule has 0 aromatic heterocycles. The Kier molecular flexibility index (Phi) is 2.77. The lowest BCUT2D eigenvalue weighted by molar-refractivity contribution is 0.374. The molecule has 1 aliphatic heterocycles. The van der Waals surface area contributed by atoms with Gasteiger partial charge in [-0.15, -0.1) is 0 Å². The average molecular weight is 226 g/mol. The minimum atomic E-state index is -3.25. The maximum absolute atomic E-state index is 11.6. The summed E-state index contributed by atoms with van der Waals surface area (Å²) >= 11 is 0. The zero-order chi connectivity index (χ0) is 10.9. The van der Waals surface area contributed by atoms with Gasteiger partial charge in [-0.2, -0.15) is 12.7 Å². The Bertz CT molecular complexity index is 430. The molecule has 0 radical (unpaired) electrons. The summed E-state index contributed by atoms with van der Waals surface area (Å²) in [6, 6.07) is 9.54. The molecular weight excluding hydrogens is 212 g/mol. The Morgan fingerprint density at radius 3 is 2.53 bits per heavy atom. The molecule has 1 aromatic rings. The lowest BCUT2D eigenvalue weighted by Crippen LogP contribution is -2.31. The van der Waals surface area contributed by atoms with Crippen molar-refractivity contribution in [3.63, 3.8) is 0 Å². The molecule has 0 spiro atoms. The van der Waals surface area contributed by atoms with Crippen LogP contribution in [0.3, 0.4) is 0 Å². The predicted molar refractivity (Wildman–Crippen MR) is 58.5 cm³/mol. The summed E-state index contributed by atoms with van der Waals surface area (Å²) in [7, 11) is -3.25. The first-order chi connectivity index (χ1) is 7.11. The van der Waals surface area contributed by atoms with Gasteiger partial charge in [-0.05, 0) is 12.5 Å². The highest BCUT2D eigenvalue weighted by atomic mass is 32.2. The summed E-state index contributed by atoms with van der Waals surface area (Å²) in [5.74, 6) is 0. The number of benzene rings is 1. The topological polar surface area (TPSA) is 49.4 Å². The lowest BCUT2D eigenvalue weighted by atomic mass is 10.1. The van der Waals surface area contributed by atoms with Crippen LogP contribution in [0.1, 0.15) is 18.5 Å². The molecule has 1 saturated heterocycles. The van der Waals surface area contributed by atoms with Gasteiger partial charge in [-0.1, -0.05) is 30.3 Å². The van der Waals surface area contributed by atoms with E-state index in [2.05, 4.69) is 4.72 Å². The molecule has 4 nitrogen and oxygen atoms in total. The Morgan fingerprint density at radius 1 is 1.33 bits per heavy atom. The molecule has 1 heterocycles. The molecule has 1 aliphatic rings. The Balaban J connectivity index is 2.26. The molecule has 15 heavy (non-hydrogen) atoms. The molecule has 1 aromatic carbocycles.